The van der Waals surface area contributed by atoms with Crippen molar-refractivity contribution in [1.82, 2.24) is 20.1 Å². The van der Waals surface area contributed by atoms with Gasteiger partial charge in [0.25, 0.3) is 5.91 Å². The summed E-state index contributed by atoms with van der Waals surface area (Å²) in [7, 11) is 0. The van der Waals surface area contributed by atoms with Crippen LogP contribution in [0, 0.1) is 6.92 Å². The van der Waals surface area contributed by atoms with E-state index >= 15 is 0 Å². The van der Waals surface area contributed by atoms with Gasteiger partial charge in [-0.2, -0.15) is 0 Å². The van der Waals surface area contributed by atoms with Gasteiger partial charge in [-0.25, -0.2) is 0 Å². The number of halogens is 1. The molecule has 0 aliphatic carbocycles. The number of aryl methyl sites for hydroxylation is 2. The molecule has 2 N–H and O–H groups in total. The van der Waals surface area contributed by atoms with E-state index in [1.165, 1.54) is 11.8 Å². The van der Waals surface area contributed by atoms with Gasteiger partial charge in [-0.05, 0) is 55.7 Å². The zero-order valence-corrected chi connectivity index (χ0v) is 21.0. The Hall–Kier alpha value is -3.10. The normalized spacial score (nSPS) is 11.6. The molecule has 3 rings (SSSR count). The fraction of sp³-hybridized carbons (Fsp3) is 0.280. The first kappa shape index (κ1) is 25.5. The minimum Gasteiger partial charge on any atom is -0.342 e. The third kappa shape index (κ3) is 6.27. The van der Waals surface area contributed by atoms with Gasteiger partial charge in [0.05, 0.1) is 11.8 Å². The van der Waals surface area contributed by atoms with E-state index in [4.69, 9.17) is 11.6 Å². The van der Waals surface area contributed by atoms with E-state index in [9.17, 15) is 9.59 Å². The molecule has 9 heteroatoms. The van der Waals surface area contributed by atoms with E-state index in [0.29, 0.717) is 28.1 Å². The lowest BCUT2D eigenvalue weighted by molar-refractivity contribution is -0.113. The van der Waals surface area contributed by atoms with Gasteiger partial charge in [0.15, 0.2) is 11.0 Å². The zero-order chi connectivity index (χ0) is 24.7. The monoisotopic (exact) mass is 497 g/mol. The van der Waals surface area contributed by atoms with Crippen molar-refractivity contribution in [2.24, 2.45) is 0 Å². The van der Waals surface area contributed by atoms with Crippen LogP contribution in [-0.2, 0) is 17.8 Å². The smallest absolute Gasteiger partial charge is 0.251 e. The molecule has 7 nitrogen and oxygen atoms in total. The molecular formula is C25H28ClN5O2S. The highest BCUT2D eigenvalue weighted by atomic mass is 35.5. The summed E-state index contributed by atoms with van der Waals surface area (Å²) >= 11 is 7.19. The van der Waals surface area contributed by atoms with Crippen LogP contribution < -0.4 is 10.6 Å². The fourth-order valence-corrected chi connectivity index (χ4v) is 4.36. The predicted molar refractivity (Wildman–Crippen MR) is 137 cm³/mol. The van der Waals surface area contributed by atoms with Crippen LogP contribution in [0.15, 0.2) is 60.3 Å². The Balaban J connectivity index is 1.68. The maximum absolute atomic E-state index is 12.7. The summed E-state index contributed by atoms with van der Waals surface area (Å²) in [6.07, 6.45) is 2.56. The summed E-state index contributed by atoms with van der Waals surface area (Å²) in [5.74, 6) is 0.402. The van der Waals surface area contributed by atoms with E-state index in [1.54, 1.807) is 30.3 Å². The van der Waals surface area contributed by atoms with Gasteiger partial charge in [0, 0.05) is 22.8 Å². The summed E-state index contributed by atoms with van der Waals surface area (Å²) in [5.41, 5.74) is 3.49. The molecule has 0 fully saturated rings. The van der Waals surface area contributed by atoms with E-state index in [-0.39, 0.29) is 17.6 Å². The first-order valence-electron chi connectivity index (χ1n) is 11.0. The van der Waals surface area contributed by atoms with Gasteiger partial charge in [0.1, 0.15) is 0 Å². The molecule has 0 saturated carbocycles. The van der Waals surface area contributed by atoms with Crippen molar-refractivity contribution in [2.75, 3.05) is 11.1 Å². The van der Waals surface area contributed by atoms with E-state index in [1.807, 2.05) is 36.6 Å². The molecule has 0 saturated heterocycles. The Kier molecular flexibility index (Phi) is 8.90. The number of hydrogen-bond donors (Lipinski definition) is 2. The van der Waals surface area contributed by atoms with Crippen LogP contribution >= 0.6 is 23.4 Å². The number of para-hydroxylation sites is 1. The van der Waals surface area contributed by atoms with Crippen molar-refractivity contribution in [3.05, 3.63) is 82.7 Å². The van der Waals surface area contributed by atoms with E-state index in [2.05, 4.69) is 34.3 Å². The molecular weight excluding hydrogens is 470 g/mol. The summed E-state index contributed by atoms with van der Waals surface area (Å²) in [6.45, 7) is 10.1. The summed E-state index contributed by atoms with van der Waals surface area (Å²) in [6, 6.07) is 12.2. The summed E-state index contributed by atoms with van der Waals surface area (Å²) < 4.78 is 1.85. The molecule has 2 aromatic carbocycles. The number of allylic oxidation sites excluding steroid dienone is 1. The predicted octanol–water partition coefficient (Wildman–Crippen LogP) is 5.21. The van der Waals surface area contributed by atoms with Gasteiger partial charge in [-0.1, -0.05) is 54.6 Å². The summed E-state index contributed by atoms with van der Waals surface area (Å²) in [5, 5.41) is 15.6. The molecule has 2 amide bonds. The first-order chi connectivity index (χ1) is 16.3. The van der Waals surface area contributed by atoms with Crippen molar-refractivity contribution >= 4 is 40.9 Å². The standard InChI is InChI=1S/C25H28ClN5O2S/c1-5-14-31-23(17(4)27-24(33)19-10-12-20(26)13-11-19)29-30-25(31)34-15-21(32)28-22-16(3)8-7-9-18(22)6-2/h5,7-13,17H,1,6,14-15H2,2-4H3,(H,27,33)(H,28,32)/t17-/m0/s1. The third-order valence-corrected chi connectivity index (χ3v) is 6.45. The molecule has 0 spiro atoms. The molecule has 1 heterocycles. The Labute approximate surface area is 209 Å². The SMILES string of the molecule is C=CCn1c(SCC(=O)Nc2c(C)cccc2CC)nnc1[C@H](C)NC(=O)c1ccc(Cl)cc1. The average molecular weight is 498 g/mol. The number of carbonyl (C=O) groups is 2. The van der Waals surface area contributed by atoms with Gasteiger partial charge in [-0.15, -0.1) is 16.8 Å². The van der Waals surface area contributed by atoms with Crippen LogP contribution in [0.3, 0.4) is 0 Å². The number of thioether (sulfide) groups is 1. The van der Waals surface area contributed by atoms with Crippen molar-refractivity contribution < 1.29 is 9.59 Å². The van der Waals surface area contributed by atoms with Crippen LogP contribution in [0.5, 0.6) is 0 Å². The number of rotatable bonds is 10. The third-order valence-electron chi connectivity index (χ3n) is 5.24. The van der Waals surface area contributed by atoms with Crippen LogP contribution in [-0.4, -0.2) is 32.3 Å². The van der Waals surface area contributed by atoms with Gasteiger partial charge in [0.2, 0.25) is 5.91 Å². The highest BCUT2D eigenvalue weighted by Gasteiger charge is 2.21. The number of carbonyl (C=O) groups excluding carboxylic acids is 2. The Morgan fingerprint density at radius 3 is 2.62 bits per heavy atom. The molecule has 178 valence electrons. The summed E-state index contributed by atoms with van der Waals surface area (Å²) in [4.78, 5) is 25.3. The number of anilines is 1. The number of nitrogens with zero attached hydrogens (tertiary/aromatic N) is 3. The van der Waals surface area contributed by atoms with Crippen LogP contribution in [0.2, 0.25) is 5.02 Å². The Bertz CT molecular complexity index is 1180. The number of hydrogen-bond acceptors (Lipinski definition) is 5. The minimum absolute atomic E-state index is 0.118. The second-order valence-electron chi connectivity index (χ2n) is 7.74. The number of amides is 2. The molecule has 34 heavy (non-hydrogen) atoms. The Morgan fingerprint density at radius 1 is 1.21 bits per heavy atom. The molecule has 1 atom stereocenters. The largest absolute Gasteiger partial charge is 0.342 e. The molecule has 0 aliphatic heterocycles. The molecule has 0 unspecified atom stereocenters. The second kappa shape index (κ2) is 11.9. The minimum atomic E-state index is -0.405. The molecule has 1 aromatic heterocycles. The molecule has 0 radical (unpaired) electrons. The lowest BCUT2D eigenvalue weighted by Gasteiger charge is -2.15. The highest BCUT2D eigenvalue weighted by molar-refractivity contribution is 7.99. The van der Waals surface area contributed by atoms with Crippen molar-refractivity contribution in [3.63, 3.8) is 0 Å². The topological polar surface area (TPSA) is 88.9 Å². The molecule has 3 aromatic rings. The van der Waals surface area contributed by atoms with Gasteiger partial charge >= 0.3 is 0 Å². The average Bonchev–Trinajstić information content (AvgIpc) is 3.22. The van der Waals surface area contributed by atoms with Crippen molar-refractivity contribution in [2.45, 2.75) is 44.9 Å². The maximum atomic E-state index is 12.7. The first-order valence-corrected chi connectivity index (χ1v) is 12.3. The maximum Gasteiger partial charge on any atom is 0.251 e. The number of benzene rings is 2. The fourth-order valence-electron chi connectivity index (χ4n) is 3.48. The van der Waals surface area contributed by atoms with Crippen LogP contribution in [0.4, 0.5) is 5.69 Å². The molecule has 0 aliphatic rings. The van der Waals surface area contributed by atoms with E-state index < -0.39 is 6.04 Å². The van der Waals surface area contributed by atoms with E-state index in [0.717, 1.165) is 23.2 Å². The lowest BCUT2D eigenvalue weighted by Crippen LogP contribution is -2.28. The lowest BCUT2D eigenvalue weighted by atomic mass is 10.1. The Morgan fingerprint density at radius 2 is 1.94 bits per heavy atom. The number of nitrogens with one attached hydrogen (secondary N) is 2. The number of aromatic nitrogens is 3. The molecule has 0 bridgehead atoms. The highest BCUT2D eigenvalue weighted by Crippen LogP contribution is 2.24. The van der Waals surface area contributed by atoms with Crippen molar-refractivity contribution in [1.29, 1.82) is 0 Å². The zero-order valence-electron chi connectivity index (χ0n) is 19.5. The van der Waals surface area contributed by atoms with Crippen LogP contribution in [0.25, 0.3) is 0 Å². The van der Waals surface area contributed by atoms with Gasteiger partial charge < -0.3 is 15.2 Å². The van der Waals surface area contributed by atoms with Crippen molar-refractivity contribution in [3.8, 4) is 0 Å². The van der Waals surface area contributed by atoms with Crippen LogP contribution in [0.1, 0.15) is 47.2 Å². The van der Waals surface area contributed by atoms with Gasteiger partial charge in [-0.3, -0.25) is 9.59 Å². The second-order valence-corrected chi connectivity index (χ2v) is 9.12. The quantitative estimate of drug-likeness (QED) is 0.296.